The number of rotatable bonds is 2. The highest BCUT2D eigenvalue weighted by Crippen LogP contribution is 2.56. The molecule has 5 rings (SSSR count). The minimum absolute atomic E-state index is 0.253. The van der Waals surface area contributed by atoms with Crippen LogP contribution >= 0.6 is 0 Å². The van der Waals surface area contributed by atoms with E-state index in [1.165, 1.54) is 33.4 Å². The predicted molar refractivity (Wildman–Crippen MR) is 109 cm³/mol. The molecule has 0 unspecified atom stereocenters. The third-order valence-corrected chi connectivity index (χ3v) is 5.59. The van der Waals surface area contributed by atoms with E-state index in [1.807, 2.05) is 0 Å². The van der Waals surface area contributed by atoms with Crippen molar-refractivity contribution in [2.45, 2.75) is 11.8 Å². The summed E-state index contributed by atoms with van der Waals surface area (Å²) in [5.74, 6) is 0. The number of hydrogen-bond donors (Lipinski definition) is 0. The second-order valence-electron chi connectivity index (χ2n) is 6.89. The van der Waals surface area contributed by atoms with Crippen LogP contribution in [-0.2, 0) is 5.41 Å². The maximum atomic E-state index is 2.38. The van der Waals surface area contributed by atoms with Crippen LogP contribution in [-0.4, -0.2) is 0 Å². The Morgan fingerprint density at radius 3 is 1.92 bits per heavy atom. The first kappa shape index (κ1) is 15.2. The molecule has 0 bridgehead atoms. The molecular weight excluding hydrogens is 312 g/mol. The van der Waals surface area contributed by atoms with Crippen molar-refractivity contribution in [2.24, 2.45) is 0 Å². The molecule has 0 atom stereocenters. The molecule has 3 aromatic carbocycles. The molecule has 0 heterocycles. The fourth-order valence-corrected chi connectivity index (χ4v) is 4.57. The van der Waals surface area contributed by atoms with Gasteiger partial charge in [0.1, 0.15) is 0 Å². The molecule has 0 fully saturated rings. The Morgan fingerprint density at radius 1 is 0.615 bits per heavy atom. The molecule has 2 aliphatic carbocycles. The third kappa shape index (κ3) is 2.02. The number of allylic oxidation sites excluding steroid dienone is 6. The van der Waals surface area contributed by atoms with Gasteiger partial charge in [0.25, 0.3) is 0 Å². The fourth-order valence-electron chi connectivity index (χ4n) is 4.57. The maximum Gasteiger partial charge on any atom is 0.0710 e. The fraction of sp³-hybridized carbons (Fsp3) is 0.0769. The van der Waals surface area contributed by atoms with Gasteiger partial charge in [-0.3, -0.25) is 0 Å². The molecule has 0 spiro atoms. The highest BCUT2D eigenvalue weighted by atomic mass is 14.5. The second-order valence-corrected chi connectivity index (χ2v) is 6.89. The highest BCUT2D eigenvalue weighted by molar-refractivity contribution is 5.86. The monoisotopic (exact) mass is 332 g/mol. The molecule has 0 amide bonds. The van der Waals surface area contributed by atoms with Gasteiger partial charge in [0.05, 0.1) is 5.41 Å². The van der Waals surface area contributed by atoms with E-state index in [-0.39, 0.29) is 5.41 Å². The molecule has 2 aliphatic rings. The summed E-state index contributed by atoms with van der Waals surface area (Å²) in [6, 6.07) is 28.7. The van der Waals surface area contributed by atoms with Gasteiger partial charge in [-0.1, -0.05) is 109 Å². The first-order valence-corrected chi connectivity index (χ1v) is 9.21. The van der Waals surface area contributed by atoms with E-state index in [9.17, 15) is 0 Å². The van der Waals surface area contributed by atoms with Gasteiger partial charge < -0.3 is 0 Å². The molecule has 0 saturated carbocycles. The van der Waals surface area contributed by atoms with Crippen LogP contribution in [0.5, 0.6) is 0 Å². The van der Waals surface area contributed by atoms with Crippen LogP contribution in [0.25, 0.3) is 11.1 Å². The minimum Gasteiger partial charge on any atom is -0.0807 e. The zero-order chi connectivity index (χ0) is 17.4. The lowest BCUT2D eigenvalue weighted by Gasteiger charge is -2.34. The summed E-state index contributed by atoms with van der Waals surface area (Å²) < 4.78 is 0. The van der Waals surface area contributed by atoms with Crippen molar-refractivity contribution in [1.82, 2.24) is 0 Å². The molecule has 0 aliphatic heterocycles. The van der Waals surface area contributed by atoms with E-state index < -0.39 is 0 Å². The van der Waals surface area contributed by atoms with Gasteiger partial charge in [-0.05, 0) is 39.8 Å². The number of hydrogen-bond acceptors (Lipinski definition) is 0. The molecule has 0 nitrogen and oxygen atoms in total. The Morgan fingerprint density at radius 2 is 1.23 bits per heavy atom. The van der Waals surface area contributed by atoms with Crippen molar-refractivity contribution in [3.05, 3.63) is 132 Å². The van der Waals surface area contributed by atoms with Gasteiger partial charge in [0.15, 0.2) is 0 Å². The van der Waals surface area contributed by atoms with E-state index in [2.05, 4.69) is 109 Å². The molecule has 0 saturated heterocycles. The molecule has 0 N–H and O–H groups in total. The first-order chi connectivity index (χ1) is 12.9. The normalized spacial score (nSPS) is 16.5. The zero-order valence-electron chi connectivity index (χ0n) is 14.6. The van der Waals surface area contributed by atoms with E-state index in [1.54, 1.807) is 0 Å². The van der Waals surface area contributed by atoms with Crippen LogP contribution in [0.1, 0.15) is 23.1 Å². The summed E-state index contributed by atoms with van der Waals surface area (Å²) in [7, 11) is 0. The number of fused-ring (bicyclic) bond motifs is 3. The lowest BCUT2D eigenvalue weighted by Crippen LogP contribution is -2.29. The Labute approximate surface area is 154 Å². The van der Waals surface area contributed by atoms with Crippen molar-refractivity contribution < 1.29 is 0 Å². The van der Waals surface area contributed by atoms with Crippen LogP contribution < -0.4 is 0 Å². The van der Waals surface area contributed by atoms with Crippen molar-refractivity contribution >= 4 is 0 Å². The largest absolute Gasteiger partial charge is 0.0807 e. The predicted octanol–water partition coefficient (Wildman–Crippen LogP) is 6.44. The Kier molecular flexibility index (Phi) is 3.50. The maximum absolute atomic E-state index is 2.38. The zero-order valence-corrected chi connectivity index (χ0v) is 14.6. The third-order valence-electron chi connectivity index (χ3n) is 5.59. The Bertz CT molecular complexity index is 1000. The Balaban J connectivity index is 1.93. The summed E-state index contributed by atoms with van der Waals surface area (Å²) in [6.07, 6.45) is 12.2. The van der Waals surface area contributed by atoms with Gasteiger partial charge in [-0.15, -0.1) is 0 Å². The lowest BCUT2D eigenvalue weighted by atomic mass is 9.67. The Hall–Kier alpha value is -3.12. The SMILES string of the molecule is C1=CCC=C(C2(c3ccccc3)c3ccccc3-c3ccccc32)C=C1. The van der Waals surface area contributed by atoms with Crippen molar-refractivity contribution in [3.8, 4) is 11.1 Å². The topological polar surface area (TPSA) is 0 Å². The van der Waals surface area contributed by atoms with Crippen LogP contribution in [0.3, 0.4) is 0 Å². The highest BCUT2D eigenvalue weighted by Gasteiger charge is 2.46. The second kappa shape index (κ2) is 6.00. The van der Waals surface area contributed by atoms with E-state index in [0.29, 0.717) is 0 Å². The summed E-state index contributed by atoms with van der Waals surface area (Å²) in [4.78, 5) is 0. The molecule has 0 aromatic heterocycles. The van der Waals surface area contributed by atoms with Crippen LogP contribution in [0.4, 0.5) is 0 Å². The molecule has 124 valence electrons. The standard InChI is InChI=1S/C26H20/c1-2-5-13-20(12-4-1)26(21-14-6-3-7-15-21)24-18-10-8-16-22(24)23-17-9-11-19-25(23)26/h1-4,6-19H,5H2. The van der Waals surface area contributed by atoms with Gasteiger partial charge in [-0.25, -0.2) is 0 Å². The minimum atomic E-state index is -0.253. The van der Waals surface area contributed by atoms with Gasteiger partial charge in [0.2, 0.25) is 0 Å². The van der Waals surface area contributed by atoms with Gasteiger partial charge in [-0.2, -0.15) is 0 Å². The quantitative estimate of drug-likeness (QED) is 0.506. The van der Waals surface area contributed by atoms with E-state index in [4.69, 9.17) is 0 Å². The van der Waals surface area contributed by atoms with Crippen LogP contribution in [0, 0.1) is 0 Å². The van der Waals surface area contributed by atoms with E-state index in [0.717, 1.165) is 6.42 Å². The summed E-state index contributed by atoms with van der Waals surface area (Å²) in [5, 5.41) is 0. The van der Waals surface area contributed by atoms with Crippen molar-refractivity contribution in [3.63, 3.8) is 0 Å². The molecule has 0 radical (unpaired) electrons. The van der Waals surface area contributed by atoms with E-state index >= 15 is 0 Å². The number of benzene rings is 3. The average Bonchev–Trinajstić information content (AvgIpc) is 2.84. The summed E-state index contributed by atoms with van der Waals surface area (Å²) >= 11 is 0. The van der Waals surface area contributed by atoms with Crippen molar-refractivity contribution in [2.75, 3.05) is 0 Å². The van der Waals surface area contributed by atoms with Crippen LogP contribution in [0.2, 0.25) is 0 Å². The van der Waals surface area contributed by atoms with Crippen molar-refractivity contribution in [1.29, 1.82) is 0 Å². The molecule has 3 aromatic rings. The van der Waals surface area contributed by atoms with Gasteiger partial charge in [0, 0.05) is 0 Å². The molecule has 0 heteroatoms. The first-order valence-electron chi connectivity index (χ1n) is 9.21. The average molecular weight is 332 g/mol. The van der Waals surface area contributed by atoms with Crippen LogP contribution in [0.15, 0.2) is 115 Å². The van der Waals surface area contributed by atoms with Gasteiger partial charge >= 0.3 is 0 Å². The smallest absolute Gasteiger partial charge is 0.0710 e. The molecular formula is C26H20. The molecule has 26 heavy (non-hydrogen) atoms. The summed E-state index contributed by atoms with van der Waals surface area (Å²) in [5.41, 5.74) is 7.88. The lowest BCUT2D eigenvalue weighted by molar-refractivity contribution is 0.763. The summed E-state index contributed by atoms with van der Waals surface area (Å²) in [6.45, 7) is 0.